The molecule has 0 saturated heterocycles. The summed E-state index contributed by atoms with van der Waals surface area (Å²) in [6, 6.07) is -3.63. The van der Waals surface area contributed by atoms with Crippen molar-refractivity contribution in [2.75, 3.05) is 18.6 Å². The average Bonchev–Trinajstić information content (AvgIpc) is 1.72. The Labute approximate surface area is 592 Å². The number of fused-ring (bicyclic) bond motifs is 2. The number of benzene rings is 2. The summed E-state index contributed by atoms with van der Waals surface area (Å²) in [6.45, 7) is 2.51. The van der Waals surface area contributed by atoms with E-state index in [9.17, 15) is 102 Å². The predicted octanol–water partition coefficient (Wildman–Crippen LogP) is -2.29. The number of aliphatic carboxylic acids is 6. The normalized spacial score (nSPS) is 14.0. The van der Waals surface area contributed by atoms with Crippen molar-refractivity contribution in [1.29, 1.82) is 0 Å². The van der Waals surface area contributed by atoms with E-state index < -0.39 is 245 Å². The first kappa shape index (κ1) is 84.2. The standard InChI is InChI=1S/C65H88N14O23S/c1-32(2)26-46(57(94)70-31-55(91)92)77-62(99)44(17-23-54(89)90)72-58(95)42(15-21-52(85)86)73-63(100)45(24-25-103-3)76-59(96)43(16-22-53(87)88)75-65(102)48(28-34-30-69-39-11-7-5-9-36(34)39)78-60(97)40(13-18-49(67)80)74-64(101)47(27-33-29-68-38-10-6-4-8-35(33)38)79-61(98)41(14-20-51(83)84)71-56(93)37(66)12-19-50(81)82/h4-11,29-30,32,37,40-48,68-69H,12-28,31,66H2,1-3H3,(H2,67,80)(H,70,94)(H,71,93)(H,72,95)(H,73,100)(H,74,101)(H,75,102)(H,76,96)(H,77,99)(H,78,97)(H,79,98)(H,81,82)(H,83,84)(H,85,86)(H,87,88)(H,89,90)(H,91,92)/t37-,40-,41-,42-,43-,44-,45-,46-,47-,48-/m0/s1. The predicted molar refractivity (Wildman–Crippen MR) is 365 cm³/mol. The number of carboxylic acids is 6. The van der Waals surface area contributed by atoms with Crippen LogP contribution in [0.4, 0.5) is 0 Å². The van der Waals surface area contributed by atoms with Gasteiger partial charge in [-0.15, -0.1) is 0 Å². The lowest BCUT2D eigenvalue weighted by Gasteiger charge is -2.28. The van der Waals surface area contributed by atoms with E-state index >= 15 is 0 Å². The maximum atomic E-state index is 15.0. The molecule has 22 N–H and O–H groups in total. The van der Waals surface area contributed by atoms with Crippen LogP contribution in [0, 0.1) is 5.92 Å². The van der Waals surface area contributed by atoms with Crippen LogP contribution in [0.2, 0.25) is 0 Å². The number of aromatic nitrogens is 2. The fourth-order valence-electron chi connectivity index (χ4n) is 10.5. The lowest BCUT2D eigenvalue weighted by atomic mass is 10.0. The molecule has 0 aliphatic heterocycles. The molecule has 0 aliphatic rings. The Bertz CT molecular complexity index is 3730. The zero-order valence-corrected chi connectivity index (χ0v) is 57.4. The van der Waals surface area contributed by atoms with E-state index in [0.717, 1.165) is 0 Å². The van der Waals surface area contributed by atoms with Gasteiger partial charge in [-0.25, -0.2) is 0 Å². The molecule has 37 nitrogen and oxygen atoms in total. The van der Waals surface area contributed by atoms with E-state index in [1.165, 1.54) is 24.2 Å². The SMILES string of the molecule is CSCC[C@H](NC(=O)[C@H](CCC(=O)O)NC(=O)[C@H](Cc1c[nH]c2ccccc12)NC(=O)[C@H](CCC(N)=O)NC(=O)[C@H](Cc1c[nH]c2ccccc12)NC(=O)[C@H](CCC(=O)O)NC(=O)[C@@H](N)CCC(=O)O)C(=O)N[C@@H](CCC(=O)O)C(=O)N[C@@H](CCC(=O)O)C(=O)N[C@@H](CC(C)C)C(=O)NCC(=O)O. The summed E-state index contributed by atoms with van der Waals surface area (Å²) < 4.78 is 0. The number of thioether (sulfide) groups is 1. The number of nitrogens with two attached hydrogens (primary N) is 2. The number of hydrogen-bond acceptors (Lipinski definition) is 19. The zero-order valence-electron chi connectivity index (χ0n) is 56.5. The quantitative estimate of drug-likeness (QED) is 0.0221. The number of hydrogen-bond donors (Lipinski definition) is 20. The molecule has 0 bridgehead atoms. The number of carbonyl (C=O) groups is 17. The third kappa shape index (κ3) is 29.5. The van der Waals surface area contributed by atoms with Gasteiger partial charge in [-0.2, -0.15) is 11.8 Å². The van der Waals surface area contributed by atoms with Crippen molar-refractivity contribution in [3.05, 3.63) is 72.1 Å². The molecule has 10 atom stereocenters. The van der Waals surface area contributed by atoms with Gasteiger partial charge in [0.05, 0.1) is 6.04 Å². The highest BCUT2D eigenvalue weighted by atomic mass is 32.2. The minimum Gasteiger partial charge on any atom is -0.481 e. The fourth-order valence-corrected chi connectivity index (χ4v) is 11.0. The Morgan fingerprint density at radius 2 is 0.689 bits per heavy atom. The van der Waals surface area contributed by atoms with E-state index in [1.807, 2.05) is 0 Å². The molecule has 0 spiro atoms. The molecule has 0 aliphatic carbocycles. The summed E-state index contributed by atoms with van der Waals surface area (Å²) in [6.07, 6.45) is -4.21. The molecule has 38 heteroatoms. The van der Waals surface area contributed by atoms with E-state index in [-0.39, 0.29) is 37.4 Å². The molecule has 0 radical (unpaired) electrons. The Morgan fingerprint density at radius 1 is 0.388 bits per heavy atom. The van der Waals surface area contributed by atoms with Gasteiger partial charge in [-0.05, 0) is 92.6 Å². The number of carbonyl (C=O) groups excluding carboxylic acids is 11. The second kappa shape index (κ2) is 42.2. The van der Waals surface area contributed by atoms with E-state index in [1.54, 1.807) is 68.6 Å². The zero-order chi connectivity index (χ0) is 76.6. The number of H-pyrrole nitrogens is 2. The number of primary amides is 1. The molecule has 2 aromatic carbocycles. The highest BCUT2D eigenvalue weighted by Gasteiger charge is 2.37. The summed E-state index contributed by atoms with van der Waals surface area (Å²) in [4.78, 5) is 231. The summed E-state index contributed by atoms with van der Waals surface area (Å²) in [7, 11) is 0. The molecule has 0 unspecified atom stereocenters. The van der Waals surface area contributed by atoms with Gasteiger partial charge in [0.25, 0.3) is 0 Å². The van der Waals surface area contributed by atoms with E-state index in [4.69, 9.17) is 21.7 Å². The lowest BCUT2D eigenvalue weighted by Crippen LogP contribution is -2.61. The summed E-state index contributed by atoms with van der Waals surface area (Å²) in [5.74, 6) is -21.0. The molecule has 4 aromatic rings. The van der Waals surface area contributed by atoms with Gasteiger partial charge in [0.2, 0.25) is 65.0 Å². The topological polar surface area (TPSA) is 615 Å². The first-order valence-corrected chi connectivity index (χ1v) is 34.0. The third-order valence-electron chi connectivity index (χ3n) is 15.9. The van der Waals surface area contributed by atoms with Crippen molar-refractivity contribution in [2.24, 2.45) is 17.4 Å². The average molecular weight is 1470 g/mol. The molecular weight excluding hydrogens is 1380 g/mol. The first-order valence-electron chi connectivity index (χ1n) is 32.6. The third-order valence-corrected chi connectivity index (χ3v) is 16.5. The second-order valence-corrected chi connectivity index (χ2v) is 25.5. The Balaban J connectivity index is 1.73. The summed E-state index contributed by atoms with van der Waals surface area (Å²) >= 11 is 1.17. The summed E-state index contributed by atoms with van der Waals surface area (Å²) in [5.41, 5.74) is 13.4. The number of carboxylic acid groups (broad SMARTS) is 6. The van der Waals surface area contributed by atoms with Gasteiger partial charge >= 0.3 is 35.8 Å². The molecule has 562 valence electrons. The molecule has 0 saturated carbocycles. The van der Waals surface area contributed by atoms with Crippen LogP contribution in [-0.4, -0.2) is 220 Å². The van der Waals surface area contributed by atoms with Crippen molar-refractivity contribution in [3.63, 3.8) is 0 Å². The Hall–Kier alpha value is -11.2. The highest BCUT2D eigenvalue weighted by Crippen LogP contribution is 2.22. The molecule has 4 rings (SSSR count). The number of rotatable bonds is 48. The summed E-state index contributed by atoms with van der Waals surface area (Å²) in [5, 5.41) is 82.0. The molecule has 0 fully saturated rings. The van der Waals surface area contributed by atoms with Crippen LogP contribution in [0.25, 0.3) is 21.8 Å². The van der Waals surface area contributed by atoms with Crippen molar-refractivity contribution in [2.45, 2.75) is 177 Å². The lowest BCUT2D eigenvalue weighted by molar-refractivity contribution is -0.140. The van der Waals surface area contributed by atoms with Crippen LogP contribution in [0.1, 0.15) is 115 Å². The second-order valence-electron chi connectivity index (χ2n) is 24.5. The molecule has 103 heavy (non-hydrogen) atoms. The molecule has 11 amide bonds. The Morgan fingerprint density at radius 3 is 1.02 bits per heavy atom. The van der Waals surface area contributed by atoms with Crippen molar-refractivity contribution >= 4 is 134 Å². The van der Waals surface area contributed by atoms with Crippen LogP contribution in [0.3, 0.4) is 0 Å². The van der Waals surface area contributed by atoms with Crippen LogP contribution >= 0.6 is 11.8 Å². The number of para-hydroxylation sites is 2. The van der Waals surface area contributed by atoms with Crippen LogP contribution < -0.4 is 64.6 Å². The maximum absolute atomic E-state index is 15.0. The van der Waals surface area contributed by atoms with Crippen molar-refractivity contribution < 1.29 is 112 Å². The molecule has 2 aromatic heterocycles. The minimum atomic E-state index is -1.88. The minimum absolute atomic E-state index is 0.0590. The number of aromatic amines is 2. The van der Waals surface area contributed by atoms with Crippen LogP contribution in [-0.2, 0) is 94.3 Å². The van der Waals surface area contributed by atoms with Gasteiger partial charge in [-0.1, -0.05) is 50.2 Å². The van der Waals surface area contributed by atoms with Gasteiger partial charge in [0.15, 0.2) is 0 Å². The van der Waals surface area contributed by atoms with Crippen molar-refractivity contribution in [1.82, 2.24) is 63.1 Å². The van der Waals surface area contributed by atoms with Crippen LogP contribution in [0.15, 0.2) is 60.9 Å². The van der Waals surface area contributed by atoms with Gasteiger partial charge in [-0.3, -0.25) is 81.5 Å². The van der Waals surface area contributed by atoms with Gasteiger partial charge in [0, 0.05) is 85.6 Å². The van der Waals surface area contributed by atoms with Gasteiger partial charge in [0.1, 0.15) is 60.9 Å². The molecule has 2 heterocycles. The largest absolute Gasteiger partial charge is 0.481 e. The van der Waals surface area contributed by atoms with Crippen LogP contribution in [0.5, 0.6) is 0 Å². The number of nitrogens with one attached hydrogen (secondary N) is 12. The maximum Gasteiger partial charge on any atom is 0.322 e. The van der Waals surface area contributed by atoms with E-state index in [0.29, 0.717) is 32.9 Å². The van der Waals surface area contributed by atoms with Gasteiger partial charge < -0.3 is 105 Å². The molecular formula is C65H88N14O23S. The Kier molecular flexibility index (Phi) is 34.5. The van der Waals surface area contributed by atoms with Crippen molar-refractivity contribution in [3.8, 4) is 0 Å². The first-order chi connectivity index (χ1) is 48.6. The monoisotopic (exact) mass is 1460 g/mol. The number of amides is 11. The smallest absolute Gasteiger partial charge is 0.322 e. The fraction of sp³-hybridized carbons (Fsp3) is 0.492. The highest BCUT2D eigenvalue weighted by molar-refractivity contribution is 7.98. The van der Waals surface area contributed by atoms with E-state index in [2.05, 4.69) is 63.1 Å².